The Balaban J connectivity index is 1.91. The van der Waals surface area contributed by atoms with Crippen LogP contribution in [-0.4, -0.2) is 35.0 Å². The maximum Gasteiger partial charge on any atom is 0.307 e. The van der Waals surface area contributed by atoms with Crippen molar-refractivity contribution in [1.29, 1.82) is 0 Å². The van der Waals surface area contributed by atoms with Gasteiger partial charge >= 0.3 is 5.97 Å². The van der Waals surface area contributed by atoms with Gasteiger partial charge in [0.15, 0.2) is 0 Å². The van der Waals surface area contributed by atoms with Gasteiger partial charge in [0.1, 0.15) is 17.3 Å². The highest BCUT2D eigenvalue weighted by atomic mass is 19.1. The first-order chi connectivity index (χ1) is 17.2. The van der Waals surface area contributed by atoms with Crippen LogP contribution in [-0.2, 0) is 27.2 Å². The Morgan fingerprint density at radius 3 is 2.19 bits per heavy atom. The molecule has 1 aliphatic rings. The third-order valence-corrected chi connectivity index (χ3v) is 6.13. The summed E-state index contributed by atoms with van der Waals surface area (Å²) >= 11 is 0. The summed E-state index contributed by atoms with van der Waals surface area (Å²) in [5.74, 6) is -3.87. The number of carboxylic acid groups (broad SMARTS) is 1. The summed E-state index contributed by atoms with van der Waals surface area (Å²) in [7, 11) is 1.35. The topological polar surface area (TPSA) is 104 Å². The average molecular weight is 489 g/mol. The highest BCUT2D eigenvalue weighted by molar-refractivity contribution is 6.51. The number of aliphatic hydroxyl groups excluding tert-OH is 1. The molecule has 1 heterocycles. The van der Waals surface area contributed by atoms with Gasteiger partial charge in [-0.05, 0) is 53.4 Å². The summed E-state index contributed by atoms with van der Waals surface area (Å²) in [4.78, 5) is 38.9. The molecule has 1 saturated heterocycles. The molecular weight excluding hydrogens is 465 g/mol. The number of hydrogen-bond donors (Lipinski definition) is 2. The van der Waals surface area contributed by atoms with E-state index in [4.69, 9.17) is 9.84 Å². The molecule has 0 aliphatic carbocycles. The van der Waals surface area contributed by atoms with Crippen molar-refractivity contribution in [1.82, 2.24) is 0 Å². The number of carboxylic acids is 1. The minimum atomic E-state index is -1.01. The number of amides is 1. The fourth-order valence-electron chi connectivity index (χ4n) is 4.31. The molecule has 1 aliphatic heterocycles. The van der Waals surface area contributed by atoms with Crippen LogP contribution in [0.2, 0.25) is 0 Å². The number of ether oxygens (including phenoxy) is 1. The average Bonchev–Trinajstić information content (AvgIpc) is 3.14. The number of aliphatic carboxylic acids is 1. The van der Waals surface area contributed by atoms with E-state index >= 15 is 0 Å². The Morgan fingerprint density at radius 1 is 0.972 bits per heavy atom. The number of nitrogens with zero attached hydrogens (tertiary/aromatic N) is 1. The third kappa shape index (κ3) is 4.57. The number of hydrogen-bond acceptors (Lipinski definition) is 5. The van der Waals surface area contributed by atoms with E-state index in [-0.39, 0.29) is 23.3 Å². The van der Waals surface area contributed by atoms with Crippen molar-refractivity contribution in [3.8, 4) is 5.75 Å². The summed E-state index contributed by atoms with van der Waals surface area (Å²) in [6.45, 7) is 2.00. The van der Waals surface area contributed by atoms with Crippen molar-refractivity contribution in [2.75, 3.05) is 12.0 Å². The molecule has 0 aromatic heterocycles. The van der Waals surface area contributed by atoms with Crippen molar-refractivity contribution in [3.05, 3.63) is 100 Å². The highest BCUT2D eigenvalue weighted by Crippen LogP contribution is 2.43. The van der Waals surface area contributed by atoms with Crippen LogP contribution in [0.25, 0.3) is 5.76 Å². The molecule has 0 spiro atoms. The summed E-state index contributed by atoms with van der Waals surface area (Å²) < 4.78 is 19.3. The zero-order valence-corrected chi connectivity index (χ0v) is 19.7. The lowest BCUT2D eigenvalue weighted by Crippen LogP contribution is -2.29. The van der Waals surface area contributed by atoms with Crippen LogP contribution in [0.15, 0.2) is 72.3 Å². The molecule has 4 rings (SSSR count). The van der Waals surface area contributed by atoms with Crippen LogP contribution >= 0.6 is 0 Å². The summed E-state index contributed by atoms with van der Waals surface area (Å²) in [5.41, 5.74) is 2.22. The SMILES string of the molecule is CCc1ccc(C2/C(=C(\O)c3cc(F)ccc3OC)C(=O)C(=O)N2c2ccc(CC(=O)O)cc2)cc1. The van der Waals surface area contributed by atoms with E-state index in [1.165, 1.54) is 18.1 Å². The van der Waals surface area contributed by atoms with Crippen molar-refractivity contribution in [2.45, 2.75) is 25.8 Å². The van der Waals surface area contributed by atoms with Gasteiger partial charge in [0.2, 0.25) is 0 Å². The van der Waals surface area contributed by atoms with E-state index < -0.39 is 35.3 Å². The van der Waals surface area contributed by atoms with Crippen LogP contribution in [0.1, 0.15) is 35.2 Å². The molecule has 1 amide bonds. The molecule has 1 unspecified atom stereocenters. The molecule has 2 N–H and O–H groups in total. The molecule has 184 valence electrons. The second-order valence-corrected chi connectivity index (χ2v) is 8.35. The van der Waals surface area contributed by atoms with Crippen molar-refractivity contribution in [2.24, 2.45) is 0 Å². The van der Waals surface area contributed by atoms with E-state index in [2.05, 4.69) is 0 Å². The van der Waals surface area contributed by atoms with Crippen molar-refractivity contribution >= 4 is 29.1 Å². The fraction of sp³-hybridized carbons (Fsp3) is 0.179. The van der Waals surface area contributed by atoms with Gasteiger partial charge in [0, 0.05) is 5.69 Å². The van der Waals surface area contributed by atoms with E-state index in [1.807, 2.05) is 19.1 Å². The lowest BCUT2D eigenvalue weighted by atomic mass is 9.94. The minimum Gasteiger partial charge on any atom is -0.507 e. The third-order valence-electron chi connectivity index (χ3n) is 6.13. The van der Waals surface area contributed by atoms with Gasteiger partial charge in [-0.1, -0.05) is 43.3 Å². The lowest BCUT2D eigenvalue weighted by Gasteiger charge is -2.26. The van der Waals surface area contributed by atoms with E-state index in [1.54, 1.807) is 36.4 Å². The molecule has 0 saturated carbocycles. The number of benzene rings is 3. The number of rotatable bonds is 7. The van der Waals surface area contributed by atoms with Gasteiger partial charge in [0.05, 0.1) is 30.7 Å². The Labute approximate surface area is 207 Å². The molecule has 0 bridgehead atoms. The predicted octanol–water partition coefficient (Wildman–Crippen LogP) is 4.65. The van der Waals surface area contributed by atoms with Gasteiger partial charge in [-0.25, -0.2) is 4.39 Å². The minimum absolute atomic E-state index is 0.0533. The first kappa shape index (κ1) is 24.7. The van der Waals surface area contributed by atoms with Crippen LogP contribution < -0.4 is 9.64 Å². The standard InChI is InChI=1S/C28H24FNO6/c1-3-16-4-8-18(9-5-16)25-24(26(33)21-15-19(29)10-13-22(21)36-2)27(34)28(35)30(25)20-11-6-17(7-12-20)14-23(31)32/h4-13,15,25,33H,3,14H2,1-2H3,(H,31,32)/b26-24+. The van der Waals surface area contributed by atoms with Gasteiger partial charge in [-0.3, -0.25) is 19.3 Å². The number of anilines is 1. The maximum absolute atomic E-state index is 14.1. The highest BCUT2D eigenvalue weighted by Gasteiger charge is 2.47. The number of aliphatic hydroxyl groups is 1. The fourth-order valence-corrected chi connectivity index (χ4v) is 4.31. The smallest absolute Gasteiger partial charge is 0.307 e. The molecule has 0 radical (unpaired) electrons. The molecule has 1 atom stereocenters. The van der Waals surface area contributed by atoms with Gasteiger partial charge in [-0.15, -0.1) is 0 Å². The first-order valence-electron chi connectivity index (χ1n) is 11.3. The van der Waals surface area contributed by atoms with E-state index in [0.717, 1.165) is 24.1 Å². The Hall–Kier alpha value is -4.46. The number of carbonyl (C=O) groups is 3. The Kier molecular flexibility index (Phi) is 6.87. The predicted molar refractivity (Wildman–Crippen MR) is 131 cm³/mol. The molecule has 3 aromatic rings. The zero-order valence-electron chi connectivity index (χ0n) is 19.7. The molecule has 7 nitrogen and oxygen atoms in total. The summed E-state index contributed by atoms with van der Waals surface area (Å²) in [6.07, 6.45) is 0.590. The van der Waals surface area contributed by atoms with Gasteiger partial charge in [-0.2, -0.15) is 0 Å². The summed E-state index contributed by atoms with van der Waals surface area (Å²) in [5, 5.41) is 20.3. The maximum atomic E-state index is 14.1. The Bertz CT molecular complexity index is 1360. The second kappa shape index (κ2) is 10.0. The number of aryl methyl sites for hydroxylation is 1. The van der Waals surface area contributed by atoms with Crippen LogP contribution in [0.4, 0.5) is 10.1 Å². The van der Waals surface area contributed by atoms with Gasteiger partial charge in [0.25, 0.3) is 11.7 Å². The molecule has 3 aromatic carbocycles. The summed E-state index contributed by atoms with van der Waals surface area (Å²) in [6, 6.07) is 16.1. The number of carbonyl (C=O) groups excluding carboxylic acids is 2. The monoisotopic (exact) mass is 489 g/mol. The van der Waals surface area contributed by atoms with Crippen molar-refractivity contribution < 1.29 is 33.7 Å². The largest absolute Gasteiger partial charge is 0.507 e. The molecule has 36 heavy (non-hydrogen) atoms. The number of Topliss-reactive ketones (excluding diaryl/α,β-unsaturated/α-hetero) is 1. The quantitative estimate of drug-likeness (QED) is 0.284. The van der Waals surface area contributed by atoms with E-state index in [9.17, 15) is 23.9 Å². The Morgan fingerprint density at radius 2 is 1.61 bits per heavy atom. The number of halogens is 1. The zero-order chi connectivity index (χ0) is 26.0. The van der Waals surface area contributed by atoms with E-state index in [0.29, 0.717) is 16.8 Å². The number of ketones is 1. The lowest BCUT2D eigenvalue weighted by molar-refractivity contribution is -0.136. The normalized spacial score (nSPS) is 16.9. The first-order valence-corrected chi connectivity index (χ1v) is 11.3. The van der Waals surface area contributed by atoms with Crippen LogP contribution in [0.5, 0.6) is 5.75 Å². The van der Waals surface area contributed by atoms with Crippen LogP contribution in [0.3, 0.4) is 0 Å². The molecule has 1 fully saturated rings. The molecular formula is C28H24FNO6. The van der Waals surface area contributed by atoms with Crippen LogP contribution in [0, 0.1) is 5.82 Å². The number of methoxy groups -OCH3 is 1. The second-order valence-electron chi connectivity index (χ2n) is 8.35. The van der Waals surface area contributed by atoms with Crippen molar-refractivity contribution in [3.63, 3.8) is 0 Å². The molecule has 8 heteroatoms. The van der Waals surface area contributed by atoms with Gasteiger partial charge < -0.3 is 14.9 Å².